The quantitative estimate of drug-likeness (QED) is 0.328. The molecule has 0 aliphatic carbocycles. The minimum atomic E-state index is 0. The van der Waals surface area contributed by atoms with Gasteiger partial charge in [-0.3, -0.25) is 0 Å². The summed E-state index contributed by atoms with van der Waals surface area (Å²) in [5.74, 6) is 0.253. The van der Waals surface area contributed by atoms with Crippen LogP contribution in [0.25, 0.3) is 0 Å². The van der Waals surface area contributed by atoms with E-state index in [2.05, 4.69) is 78.9 Å². The van der Waals surface area contributed by atoms with E-state index in [0.717, 1.165) is 0 Å². The molecule has 0 aliphatic heterocycles. The van der Waals surface area contributed by atoms with Crippen LogP contribution in [0.4, 0.5) is 0 Å². The Morgan fingerprint density at radius 1 is 0.600 bits per heavy atom. The normalized spacial score (nSPS) is 10.1. The van der Waals surface area contributed by atoms with Crippen LogP contribution in [0.5, 0.6) is 0 Å². The molecule has 0 fully saturated rings. The van der Waals surface area contributed by atoms with Crippen LogP contribution in [0.15, 0.2) is 84.9 Å². The largest absolute Gasteiger partial charge is 0.179 e. The number of hydrogen-bond acceptors (Lipinski definition) is 0. The molecule has 0 aliphatic rings. The fraction of sp³-hybridized carbons (Fsp3) is 0.0526. The molecular formula is C19H15Hf-. The van der Waals surface area contributed by atoms with E-state index in [0.29, 0.717) is 0 Å². The SMILES string of the molecule is [Hf].[c-]1ccccc1C(c1ccccc1)c1ccccc1. The van der Waals surface area contributed by atoms with Gasteiger partial charge in [-0.1, -0.05) is 60.7 Å². The second-order valence-corrected chi connectivity index (χ2v) is 4.57. The topological polar surface area (TPSA) is 0 Å². The summed E-state index contributed by atoms with van der Waals surface area (Å²) < 4.78 is 0. The van der Waals surface area contributed by atoms with E-state index in [1.807, 2.05) is 12.1 Å². The molecule has 20 heavy (non-hydrogen) atoms. The first-order valence-corrected chi connectivity index (χ1v) is 6.51. The average molecular weight is 422 g/mol. The summed E-state index contributed by atoms with van der Waals surface area (Å²) in [7, 11) is 0. The molecule has 0 N–H and O–H groups in total. The van der Waals surface area contributed by atoms with Gasteiger partial charge in [0, 0.05) is 31.8 Å². The summed E-state index contributed by atoms with van der Waals surface area (Å²) in [6.07, 6.45) is 0. The van der Waals surface area contributed by atoms with Crippen molar-refractivity contribution in [2.45, 2.75) is 5.92 Å². The minimum absolute atomic E-state index is 0. The zero-order chi connectivity index (χ0) is 12.9. The maximum atomic E-state index is 3.37. The van der Waals surface area contributed by atoms with E-state index in [1.54, 1.807) is 0 Å². The van der Waals surface area contributed by atoms with Gasteiger partial charge in [-0.15, -0.1) is 0 Å². The first-order chi connectivity index (χ1) is 9.45. The Morgan fingerprint density at radius 2 is 1.10 bits per heavy atom. The predicted octanol–water partition coefficient (Wildman–Crippen LogP) is 4.66. The van der Waals surface area contributed by atoms with Crippen molar-refractivity contribution in [3.8, 4) is 0 Å². The van der Waals surface area contributed by atoms with Gasteiger partial charge in [0.15, 0.2) is 0 Å². The van der Waals surface area contributed by atoms with Gasteiger partial charge in [-0.05, 0) is 11.1 Å². The van der Waals surface area contributed by atoms with Gasteiger partial charge in [-0.25, -0.2) is 0 Å². The molecule has 0 saturated carbocycles. The molecule has 0 nitrogen and oxygen atoms in total. The zero-order valence-electron chi connectivity index (χ0n) is 11.2. The summed E-state index contributed by atoms with van der Waals surface area (Å²) in [5, 5.41) is 0. The van der Waals surface area contributed by atoms with E-state index in [-0.39, 0.29) is 31.8 Å². The maximum absolute atomic E-state index is 3.37. The van der Waals surface area contributed by atoms with E-state index in [4.69, 9.17) is 0 Å². The number of rotatable bonds is 3. The van der Waals surface area contributed by atoms with E-state index < -0.39 is 0 Å². The Balaban J connectivity index is 0.00000147. The molecule has 3 aromatic carbocycles. The molecule has 0 spiro atoms. The van der Waals surface area contributed by atoms with Gasteiger partial charge in [0.1, 0.15) is 0 Å². The molecule has 0 bridgehead atoms. The molecule has 3 aromatic rings. The van der Waals surface area contributed by atoms with Gasteiger partial charge in [-0.2, -0.15) is 35.9 Å². The Bertz CT molecular complexity index is 524. The molecule has 96 valence electrons. The third-order valence-electron chi connectivity index (χ3n) is 3.31. The summed E-state index contributed by atoms with van der Waals surface area (Å²) in [6, 6.07) is 32.8. The van der Waals surface area contributed by atoms with Crippen molar-refractivity contribution < 1.29 is 25.8 Å². The summed E-state index contributed by atoms with van der Waals surface area (Å²) >= 11 is 0. The first-order valence-electron chi connectivity index (χ1n) is 6.51. The van der Waals surface area contributed by atoms with Crippen LogP contribution in [0.2, 0.25) is 0 Å². The molecule has 0 atom stereocenters. The second-order valence-electron chi connectivity index (χ2n) is 4.57. The van der Waals surface area contributed by atoms with Gasteiger partial charge in [0.2, 0.25) is 0 Å². The van der Waals surface area contributed by atoms with Gasteiger partial charge in [0.25, 0.3) is 0 Å². The molecule has 1 heteroatoms. The van der Waals surface area contributed by atoms with Crippen molar-refractivity contribution in [2.24, 2.45) is 0 Å². The smallest absolute Gasteiger partial charge is 0.0114 e. The standard InChI is InChI=1S/C19H15.Hf/c1-4-10-16(11-5-1)19(17-12-6-2-7-13-17)18-14-8-3-9-15-18;/h1-14,19H;/q-1;. The fourth-order valence-corrected chi connectivity index (χ4v) is 2.43. The monoisotopic (exact) mass is 423 g/mol. The Kier molecular flexibility index (Phi) is 5.49. The summed E-state index contributed by atoms with van der Waals surface area (Å²) in [5.41, 5.74) is 3.81. The average Bonchev–Trinajstić information content (AvgIpc) is 2.51. The van der Waals surface area contributed by atoms with Crippen molar-refractivity contribution in [1.82, 2.24) is 0 Å². The van der Waals surface area contributed by atoms with Crippen molar-refractivity contribution in [2.75, 3.05) is 0 Å². The van der Waals surface area contributed by atoms with Crippen LogP contribution in [0.3, 0.4) is 0 Å². The van der Waals surface area contributed by atoms with Gasteiger partial charge < -0.3 is 0 Å². The molecule has 3 rings (SSSR count). The van der Waals surface area contributed by atoms with Crippen molar-refractivity contribution in [3.63, 3.8) is 0 Å². The first kappa shape index (κ1) is 14.9. The maximum Gasteiger partial charge on any atom is 0.0114 e. The Morgan fingerprint density at radius 3 is 1.55 bits per heavy atom. The molecule has 0 radical (unpaired) electrons. The summed E-state index contributed by atoms with van der Waals surface area (Å²) in [6.45, 7) is 0. The van der Waals surface area contributed by atoms with Crippen LogP contribution in [0.1, 0.15) is 22.6 Å². The van der Waals surface area contributed by atoms with Crippen molar-refractivity contribution >= 4 is 0 Å². The van der Waals surface area contributed by atoms with Gasteiger partial charge in [0.05, 0.1) is 0 Å². The molecule has 0 unspecified atom stereocenters. The molecule has 0 aromatic heterocycles. The van der Waals surface area contributed by atoms with E-state index in [9.17, 15) is 0 Å². The minimum Gasteiger partial charge on any atom is -0.179 e. The molecule has 0 amide bonds. The number of hydrogen-bond donors (Lipinski definition) is 0. The van der Waals surface area contributed by atoms with Crippen LogP contribution in [-0.4, -0.2) is 0 Å². The fourth-order valence-electron chi connectivity index (χ4n) is 2.43. The van der Waals surface area contributed by atoms with Crippen LogP contribution in [-0.2, 0) is 25.8 Å². The third-order valence-corrected chi connectivity index (χ3v) is 3.31. The van der Waals surface area contributed by atoms with Gasteiger partial charge >= 0.3 is 0 Å². The van der Waals surface area contributed by atoms with Crippen molar-refractivity contribution in [1.29, 1.82) is 0 Å². The Labute approximate surface area is 139 Å². The molecule has 0 heterocycles. The predicted molar refractivity (Wildman–Crippen MR) is 79.1 cm³/mol. The third kappa shape index (κ3) is 3.34. The van der Waals surface area contributed by atoms with Crippen molar-refractivity contribution in [3.05, 3.63) is 108 Å². The number of benzene rings is 3. The van der Waals surface area contributed by atoms with Crippen LogP contribution in [0, 0.1) is 6.07 Å². The Hall–Kier alpha value is -1.47. The van der Waals surface area contributed by atoms with E-state index in [1.165, 1.54) is 16.7 Å². The second kappa shape index (κ2) is 7.35. The summed E-state index contributed by atoms with van der Waals surface area (Å²) in [4.78, 5) is 0. The molecule has 0 saturated heterocycles. The van der Waals surface area contributed by atoms with E-state index >= 15 is 0 Å². The zero-order valence-corrected chi connectivity index (χ0v) is 14.8. The van der Waals surface area contributed by atoms with Crippen LogP contribution >= 0.6 is 0 Å². The van der Waals surface area contributed by atoms with Crippen LogP contribution < -0.4 is 0 Å². The molecular weight excluding hydrogens is 407 g/mol.